The van der Waals surface area contributed by atoms with Crippen molar-refractivity contribution in [1.29, 1.82) is 0 Å². The molecule has 1 heterocycles. The molecule has 0 fully saturated rings. The van der Waals surface area contributed by atoms with Gasteiger partial charge in [-0.25, -0.2) is 4.79 Å². The van der Waals surface area contributed by atoms with E-state index in [1.807, 2.05) is 11.8 Å². The molecule has 0 aliphatic carbocycles. The minimum Gasteiger partial charge on any atom is -0.486 e. The largest absolute Gasteiger partial charge is 0.486 e. The first-order valence-electron chi connectivity index (χ1n) is 14.4. The van der Waals surface area contributed by atoms with Crippen molar-refractivity contribution in [2.75, 3.05) is 37.4 Å². The molecule has 4 rings (SSSR count). The van der Waals surface area contributed by atoms with Gasteiger partial charge in [-0.15, -0.1) is 0 Å². The molecule has 3 N–H and O–H groups in total. The van der Waals surface area contributed by atoms with Crippen molar-refractivity contribution in [2.45, 2.75) is 44.9 Å². The Morgan fingerprint density at radius 2 is 1.57 bits per heavy atom. The highest BCUT2D eigenvalue weighted by molar-refractivity contribution is 6.04. The lowest BCUT2D eigenvalue weighted by Crippen LogP contribution is -2.49. The molecule has 0 unspecified atom stereocenters. The molecule has 3 atom stereocenters. The van der Waals surface area contributed by atoms with Crippen molar-refractivity contribution in [3.8, 4) is 5.75 Å². The van der Waals surface area contributed by atoms with E-state index in [1.54, 1.807) is 14.0 Å². The molecule has 3 amide bonds. The Morgan fingerprint density at radius 1 is 0.978 bits per heavy atom. The van der Waals surface area contributed by atoms with Crippen molar-refractivity contribution in [3.05, 3.63) is 89.0 Å². The fourth-order valence-electron chi connectivity index (χ4n) is 5.07. The van der Waals surface area contributed by atoms with Crippen molar-refractivity contribution < 1.29 is 45.8 Å². The smallest absolute Gasteiger partial charge is 0.416 e. The van der Waals surface area contributed by atoms with E-state index < -0.39 is 47.6 Å². The van der Waals surface area contributed by atoms with Gasteiger partial charge in [-0.2, -0.15) is 26.3 Å². The standard InChI is InChI=1S/C32H34F6N4O4/c1-19-15-42(20(2)18-43)29(44)25-5-4-6-26(40-30(45)39-24-13-11-23(12-14-24)32(36,37)38)28(25)46-27(19)17-41(3)16-21-7-9-22(10-8-21)31(33,34)35/h4-14,19-20,27,43H,15-18H2,1-3H3,(H2,39,40,45)/t19-,20+,27+/m1/s1. The van der Waals surface area contributed by atoms with Gasteiger partial charge in [0.25, 0.3) is 5.91 Å². The quantitative estimate of drug-likeness (QED) is 0.235. The highest BCUT2D eigenvalue weighted by Gasteiger charge is 2.35. The minimum atomic E-state index is -4.54. The van der Waals surface area contributed by atoms with E-state index >= 15 is 0 Å². The summed E-state index contributed by atoms with van der Waals surface area (Å²) in [6, 6.07) is 11.9. The average molecular weight is 653 g/mol. The van der Waals surface area contributed by atoms with E-state index in [2.05, 4.69) is 10.6 Å². The number of amides is 3. The fraction of sp³-hybridized carbons (Fsp3) is 0.375. The number of ether oxygens (including phenoxy) is 1. The molecule has 248 valence electrons. The molecular weight excluding hydrogens is 618 g/mol. The predicted molar refractivity (Wildman–Crippen MR) is 159 cm³/mol. The third-order valence-electron chi connectivity index (χ3n) is 7.63. The van der Waals surface area contributed by atoms with E-state index in [4.69, 9.17) is 4.74 Å². The molecule has 0 spiro atoms. The van der Waals surface area contributed by atoms with Gasteiger partial charge in [0.2, 0.25) is 0 Å². The molecule has 1 aliphatic heterocycles. The van der Waals surface area contributed by atoms with Gasteiger partial charge in [0.15, 0.2) is 5.75 Å². The van der Waals surface area contributed by atoms with Gasteiger partial charge < -0.3 is 25.4 Å². The summed E-state index contributed by atoms with van der Waals surface area (Å²) in [6.45, 7) is 4.05. The fourth-order valence-corrected chi connectivity index (χ4v) is 5.07. The van der Waals surface area contributed by atoms with Gasteiger partial charge in [0, 0.05) is 31.2 Å². The summed E-state index contributed by atoms with van der Waals surface area (Å²) in [7, 11) is 1.77. The maximum Gasteiger partial charge on any atom is 0.416 e. The number of fused-ring (bicyclic) bond motifs is 1. The summed E-state index contributed by atoms with van der Waals surface area (Å²) in [6.07, 6.45) is -9.57. The van der Waals surface area contributed by atoms with E-state index in [1.165, 1.54) is 35.2 Å². The first-order valence-corrected chi connectivity index (χ1v) is 14.4. The van der Waals surface area contributed by atoms with Gasteiger partial charge >= 0.3 is 18.4 Å². The minimum absolute atomic E-state index is 0.0599. The number of nitrogens with zero attached hydrogens (tertiary/aromatic N) is 2. The predicted octanol–water partition coefficient (Wildman–Crippen LogP) is 6.72. The number of likely N-dealkylation sites (N-methyl/N-ethyl adjacent to an activating group) is 1. The highest BCUT2D eigenvalue weighted by atomic mass is 19.4. The summed E-state index contributed by atoms with van der Waals surface area (Å²) in [5.41, 5.74) is -0.646. The van der Waals surface area contributed by atoms with Crippen LogP contribution in [0.25, 0.3) is 0 Å². The Bertz CT molecular complexity index is 1510. The average Bonchev–Trinajstić information content (AvgIpc) is 2.98. The second-order valence-corrected chi connectivity index (χ2v) is 11.4. The second-order valence-electron chi connectivity index (χ2n) is 11.4. The summed E-state index contributed by atoms with van der Waals surface area (Å²) in [5.74, 6) is -0.674. The van der Waals surface area contributed by atoms with E-state index in [0.717, 1.165) is 36.4 Å². The van der Waals surface area contributed by atoms with Gasteiger partial charge in [-0.3, -0.25) is 9.69 Å². The van der Waals surface area contributed by atoms with Gasteiger partial charge in [0.05, 0.1) is 35.0 Å². The molecule has 1 aliphatic rings. The molecule has 3 aromatic carbocycles. The lowest BCUT2D eigenvalue weighted by atomic mass is 9.98. The van der Waals surface area contributed by atoms with Gasteiger partial charge in [-0.1, -0.05) is 25.1 Å². The molecule has 14 heteroatoms. The summed E-state index contributed by atoms with van der Waals surface area (Å²) >= 11 is 0. The molecule has 46 heavy (non-hydrogen) atoms. The number of hydrogen-bond donors (Lipinski definition) is 3. The number of halogens is 6. The lowest BCUT2D eigenvalue weighted by molar-refractivity contribution is -0.138. The van der Waals surface area contributed by atoms with Crippen LogP contribution in [0.2, 0.25) is 0 Å². The Kier molecular flexibility index (Phi) is 10.5. The number of urea groups is 1. The highest BCUT2D eigenvalue weighted by Crippen LogP contribution is 2.36. The monoisotopic (exact) mass is 652 g/mol. The number of anilines is 2. The van der Waals surface area contributed by atoms with Crippen LogP contribution in [0.3, 0.4) is 0 Å². The number of carbonyl (C=O) groups excluding carboxylic acids is 2. The molecule has 0 aromatic heterocycles. The van der Waals surface area contributed by atoms with E-state index in [9.17, 15) is 41.0 Å². The van der Waals surface area contributed by atoms with Crippen LogP contribution in [0.5, 0.6) is 5.75 Å². The molecule has 0 saturated heterocycles. The summed E-state index contributed by atoms with van der Waals surface area (Å²) in [4.78, 5) is 30.0. The van der Waals surface area contributed by atoms with Crippen molar-refractivity contribution in [2.24, 2.45) is 5.92 Å². The summed E-state index contributed by atoms with van der Waals surface area (Å²) in [5, 5.41) is 15.0. The van der Waals surface area contributed by atoms with Crippen LogP contribution in [-0.4, -0.2) is 65.7 Å². The first-order chi connectivity index (χ1) is 21.6. The van der Waals surface area contributed by atoms with Crippen molar-refractivity contribution in [3.63, 3.8) is 0 Å². The lowest BCUT2D eigenvalue weighted by Gasteiger charge is -2.38. The number of hydrogen-bond acceptors (Lipinski definition) is 5. The zero-order valence-electron chi connectivity index (χ0n) is 25.2. The van der Waals surface area contributed by atoms with Crippen LogP contribution in [-0.2, 0) is 18.9 Å². The number of para-hydroxylation sites is 1. The Labute approximate surface area is 261 Å². The normalized spacial score (nSPS) is 17.9. The van der Waals surface area contributed by atoms with Crippen LogP contribution in [0.1, 0.15) is 40.9 Å². The number of carbonyl (C=O) groups is 2. The zero-order valence-corrected chi connectivity index (χ0v) is 25.2. The van der Waals surface area contributed by atoms with Gasteiger partial charge in [0.1, 0.15) is 6.10 Å². The van der Waals surface area contributed by atoms with Crippen LogP contribution < -0.4 is 15.4 Å². The van der Waals surface area contributed by atoms with Crippen LogP contribution >= 0.6 is 0 Å². The van der Waals surface area contributed by atoms with E-state index in [0.29, 0.717) is 12.1 Å². The summed E-state index contributed by atoms with van der Waals surface area (Å²) < 4.78 is 84.2. The van der Waals surface area contributed by atoms with E-state index in [-0.39, 0.29) is 48.3 Å². The maximum atomic E-state index is 13.7. The molecule has 3 aromatic rings. The zero-order chi connectivity index (χ0) is 33.8. The Balaban J connectivity index is 1.58. The third kappa shape index (κ3) is 8.49. The first kappa shape index (κ1) is 34.6. The second kappa shape index (κ2) is 14.0. The number of aliphatic hydroxyl groups is 1. The third-order valence-corrected chi connectivity index (χ3v) is 7.63. The van der Waals surface area contributed by atoms with Crippen molar-refractivity contribution in [1.82, 2.24) is 9.80 Å². The Morgan fingerprint density at radius 3 is 2.13 bits per heavy atom. The molecular formula is C32H34F6N4O4. The molecule has 0 saturated carbocycles. The number of rotatable bonds is 8. The molecule has 8 nitrogen and oxygen atoms in total. The van der Waals surface area contributed by atoms with Crippen LogP contribution in [0.15, 0.2) is 66.7 Å². The number of alkyl halides is 6. The maximum absolute atomic E-state index is 13.7. The van der Waals surface area contributed by atoms with Gasteiger partial charge in [-0.05, 0) is 68.1 Å². The topological polar surface area (TPSA) is 94.1 Å². The number of nitrogens with one attached hydrogen (secondary N) is 2. The Hall–Kier alpha value is -4.30. The molecule has 0 bridgehead atoms. The molecule has 0 radical (unpaired) electrons. The SMILES string of the molecule is C[C@@H]1CN([C@@H](C)CO)C(=O)c2cccc(NC(=O)Nc3ccc(C(F)(F)F)cc3)c2O[C@H]1CN(C)Cc1ccc(C(F)(F)F)cc1. The van der Waals surface area contributed by atoms with Crippen LogP contribution in [0.4, 0.5) is 42.5 Å². The van der Waals surface area contributed by atoms with Crippen molar-refractivity contribution >= 4 is 23.3 Å². The number of benzene rings is 3. The number of aliphatic hydroxyl groups excluding tert-OH is 1. The van der Waals surface area contributed by atoms with Crippen LogP contribution in [0, 0.1) is 5.92 Å².